The first kappa shape index (κ1) is 22.7. The van der Waals surface area contributed by atoms with Crippen LogP contribution >= 0.6 is 0 Å². The van der Waals surface area contributed by atoms with E-state index in [4.69, 9.17) is 9.47 Å². The fourth-order valence-electron chi connectivity index (χ4n) is 2.68. The van der Waals surface area contributed by atoms with Gasteiger partial charge < -0.3 is 14.8 Å². The van der Waals surface area contributed by atoms with Gasteiger partial charge in [0.05, 0.1) is 13.3 Å². The summed E-state index contributed by atoms with van der Waals surface area (Å²) in [6, 6.07) is 13.3. The second kappa shape index (κ2) is 11.4. The molecule has 0 aliphatic heterocycles. The van der Waals surface area contributed by atoms with E-state index in [0.29, 0.717) is 29.2 Å². The summed E-state index contributed by atoms with van der Waals surface area (Å²) in [5.74, 6) is 0.178. The number of benzene rings is 2. The molecule has 0 saturated heterocycles. The Bertz CT molecular complexity index is 895. The van der Waals surface area contributed by atoms with Crippen LogP contribution in [0, 0.1) is 5.92 Å². The Balaban J connectivity index is 2.09. The number of carbonyl (C=O) groups is 2. The van der Waals surface area contributed by atoms with Gasteiger partial charge in [-0.2, -0.15) is 5.10 Å². The van der Waals surface area contributed by atoms with Crippen molar-refractivity contribution in [2.75, 3.05) is 13.7 Å². The van der Waals surface area contributed by atoms with Crippen molar-refractivity contribution in [2.45, 2.75) is 19.9 Å². The highest BCUT2D eigenvalue weighted by atomic mass is 16.5. The Hall–Kier alpha value is -3.61. The van der Waals surface area contributed by atoms with Gasteiger partial charge in [-0.25, -0.2) is 5.43 Å². The van der Waals surface area contributed by atoms with E-state index in [1.807, 2.05) is 19.9 Å². The van der Waals surface area contributed by atoms with Crippen molar-refractivity contribution in [2.24, 2.45) is 11.0 Å². The van der Waals surface area contributed by atoms with Crippen molar-refractivity contribution in [3.63, 3.8) is 0 Å². The van der Waals surface area contributed by atoms with Crippen molar-refractivity contribution in [3.05, 3.63) is 72.3 Å². The summed E-state index contributed by atoms with van der Waals surface area (Å²) >= 11 is 0. The van der Waals surface area contributed by atoms with E-state index in [1.165, 1.54) is 6.21 Å². The number of hydrogen-bond acceptors (Lipinski definition) is 5. The number of ether oxygens (including phenoxy) is 2. The molecule has 0 fully saturated rings. The first-order valence-electron chi connectivity index (χ1n) is 9.57. The van der Waals surface area contributed by atoms with Crippen LogP contribution < -0.4 is 20.2 Å². The lowest BCUT2D eigenvalue weighted by molar-refractivity contribution is -0.123. The van der Waals surface area contributed by atoms with Gasteiger partial charge in [0.1, 0.15) is 12.6 Å². The Morgan fingerprint density at radius 2 is 1.87 bits per heavy atom. The second-order valence-electron chi connectivity index (χ2n) is 6.77. The smallest absolute Gasteiger partial charge is 0.262 e. The number of hydrogen-bond donors (Lipinski definition) is 2. The van der Waals surface area contributed by atoms with Gasteiger partial charge in [-0.1, -0.05) is 50.8 Å². The Morgan fingerprint density at radius 3 is 2.50 bits per heavy atom. The van der Waals surface area contributed by atoms with E-state index in [9.17, 15) is 9.59 Å². The molecule has 0 bridgehead atoms. The SMILES string of the molecule is C=CCOc1c(C=NNC(=O)C(NC(=O)c2ccccc2)C(C)C)cccc1OC. The standard InChI is InChI=1S/C23H27N3O4/c1-5-14-30-21-18(12-9-13-19(21)29-4)15-24-26-23(28)20(16(2)3)25-22(27)17-10-7-6-8-11-17/h5-13,15-16,20H,1,14H2,2-4H3,(H,25,27)(H,26,28). The number of hydrazone groups is 1. The molecular weight excluding hydrogens is 382 g/mol. The first-order chi connectivity index (χ1) is 14.5. The van der Waals surface area contributed by atoms with Crippen LogP contribution in [0.5, 0.6) is 11.5 Å². The predicted molar refractivity (Wildman–Crippen MR) is 117 cm³/mol. The number of carbonyl (C=O) groups excluding carboxylic acids is 2. The van der Waals surface area contributed by atoms with E-state index in [1.54, 1.807) is 55.7 Å². The van der Waals surface area contributed by atoms with E-state index in [2.05, 4.69) is 22.4 Å². The quantitative estimate of drug-likeness (QED) is 0.358. The third-order valence-corrected chi connectivity index (χ3v) is 4.22. The van der Waals surface area contributed by atoms with Crippen LogP contribution in [-0.2, 0) is 4.79 Å². The topological polar surface area (TPSA) is 89.0 Å². The van der Waals surface area contributed by atoms with Gasteiger partial charge in [-0.05, 0) is 30.2 Å². The van der Waals surface area contributed by atoms with Gasteiger partial charge >= 0.3 is 0 Å². The molecular formula is C23H27N3O4. The fraction of sp³-hybridized carbons (Fsp3) is 0.261. The molecule has 0 saturated carbocycles. The maximum atomic E-state index is 12.6. The van der Waals surface area contributed by atoms with Crippen LogP contribution in [0.3, 0.4) is 0 Å². The van der Waals surface area contributed by atoms with Crippen LogP contribution in [-0.4, -0.2) is 37.8 Å². The minimum atomic E-state index is -0.739. The second-order valence-corrected chi connectivity index (χ2v) is 6.77. The first-order valence-corrected chi connectivity index (χ1v) is 9.57. The molecule has 2 N–H and O–H groups in total. The van der Waals surface area contributed by atoms with E-state index in [-0.39, 0.29) is 11.8 Å². The zero-order valence-corrected chi connectivity index (χ0v) is 17.4. The van der Waals surface area contributed by atoms with Crippen LogP contribution in [0.2, 0.25) is 0 Å². The lowest BCUT2D eigenvalue weighted by Gasteiger charge is -2.20. The number of para-hydroxylation sites is 1. The third kappa shape index (κ3) is 6.20. The highest BCUT2D eigenvalue weighted by Crippen LogP contribution is 2.30. The molecule has 0 aromatic heterocycles. The monoisotopic (exact) mass is 409 g/mol. The molecule has 7 nitrogen and oxygen atoms in total. The summed E-state index contributed by atoms with van der Waals surface area (Å²) in [7, 11) is 1.54. The highest BCUT2D eigenvalue weighted by Gasteiger charge is 2.24. The lowest BCUT2D eigenvalue weighted by atomic mass is 10.0. The van der Waals surface area contributed by atoms with Crippen molar-refractivity contribution in [3.8, 4) is 11.5 Å². The number of amides is 2. The molecule has 2 amide bonds. The van der Waals surface area contributed by atoms with Gasteiger partial charge in [0.15, 0.2) is 11.5 Å². The summed E-state index contributed by atoms with van der Waals surface area (Å²) in [6.45, 7) is 7.64. The molecule has 2 rings (SSSR count). The summed E-state index contributed by atoms with van der Waals surface area (Å²) in [6.07, 6.45) is 3.09. The van der Waals surface area contributed by atoms with Crippen LogP contribution in [0.15, 0.2) is 66.3 Å². The average molecular weight is 409 g/mol. The number of rotatable bonds is 10. The molecule has 2 aromatic carbocycles. The molecule has 0 spiro atoms. The van der Waals surface area contributed by atoms with Crippen molar-refractivity contribution in [1.82, 2.24) is 10.7 Å². The molecule has 0 heterocycles. The molecule has 30 heavy (non-hydrogen) atoms. The molecule has 0 radical (unpaired) electrons. The summed E-state index contributed by atoms with van der Waals surface area (Å²) in [4.78, 5) is 25.0. The fourth-order valence-corrected chi connectivity index (χ4v) is 2.68. The van der Waals surface area contributed by atoms with E-state index < -0.39 is 11.9 Å². The lowest BCUT2D eigenvalue weighted by Crippen LogP contribution is -2.48. The van der Waals surface area contributed by atoms with Crippen LogP contribution in [0.4, 0.5) is 0 Å². The normalized spacial score (nSPS) is 11.7. The maximum absolute atomic E-state index is 12.6. The number of nitrogens with one attached hydrogen (secondary N) is 2. The summed E-state index contributed by atoms with van der Waals surface area (Å²) < 4.78 is 11.0. The van der Waals surface area contributed by atoms with E-state index >= 15 is 0 Å². The van der Waals surface area contributed by atoms with Crippen LogP contribution in [0.1, 0.15) is 29.8 Å². The summed E-state index contributed by atoms with van der Waals surface area (Å²) in [5, 5.41) is 6.79. The van der Waals surface area contributed by atoms with Gasteiger partial charge in [0, 0.05) is 11.1 Å². The largest absolute Gasteiger partial charge is 0.493 e. The Labute approximate surface area is 176 Å². The average Bonchev–Trinajstić information content (AvgIpc) is 2.76. The summed E-state index contributed by atoms with van der Waals surface area (Å²) in [5.41, 5.74) is 3.61. The zero-order chi connectivity index (χ0) is 21.9. The van der Waals surface area contributed by atoms with Gasteiger partial charge in [0.2, 0.25) is 0 Å². The predicted octanol–water partition coefficient (Wildman–Crippen LogP) is 3.16. The molecule has 1 unspecified atom stereocenters. The minimum Gasteiger partial charge on any atom is -0.493 e. The molecule has 7 heteroatoms. The molecule has 0 aliphatic rings. The van der Waals surface area contributed by atoms with Crippen molar-refractivity contribution < 1.29 is 19.1 Å². The Morgan fingerprint density at radius 1 is 1.13 bits per heavy atom. The van der Waals surface area contributed by atoms with Crippen molar-refractivity contribution in [1.29, 1.82) is 0 Å². The minimum absolute atomic E-state index is 0.129. The maximum Gasteiger partial charge on any atom is 0.262 e. The molecule has 2 aromatic rings. The highest BCUT2D eigenvalue weighted by molar-refractivity contribution is 5.97. The van der Waals surface area contributed by atoms with Crippen molar-refractivity contribution >= 4 is 18.0 Å². The molecule has 0 aliphatic carbocycles. The Kier molecular flexibility index (Phi) is 8.62. The van der Waals surface area contributed by atoms with Gasteiger partial charge in [-0.15, -0.1) is 0 Å². The molecule has 158 valence electrons. The molecule has 1 atom stereocenters. The van der Waals surface area contributed by atoms with E-state index in [0.717, 1.165) is 0 Å². The third-order valence-electron chi connectivity index (χ3n) is 4.22. The van der Waals surface area contributed by atoms with Gasteiger partial charge in [0.25, 0.3) is 11.8 Å². The number of nitrogens with zero attached hydrogens (tertiary/aromatic N) is 1. The number of methoxy groups -OCH3 is 1. The van der Waals surface area contributed by atoms with Gasteiger partial charge in [-0.3, -0.25) is 9.59 Å². The van der Waals surface area contributed by atoms with Crippen LogP contribution in [0.25, 0.3) is 0 Å². The zero-order valence-electron chi connectivity index (χ0n) is 17.4.